The predicted octanol–water partition coefficient (Wildman–Crippen LogP) is 2.13. The second-order valence-electron chi connectivity index (χ2n) is 3.65. The molecule has 0 spiro atoms. The minimum atomic E-state index is 0.761. The third-order valence-corrected chi connectivity index (χ3v) is 2.62. The quantitative estimate of drug-likeness (QED) is 0.569. The molecule has 0 amide bonds. The molecule has 0 saturated carbocycles. The minimum absolute atomic E-state index is 0.761. The molecule has 0 radical (unpaired) electrons. The van der Waals surface area contributed by atoms with Gasteiger partial charge in [0, 0.05) is 12.6 Å². The van der Waals surface area contributed by atoms with Crippen molar-refractivity contribution in [3.8, 4) is 0 Å². The van der Waals surface area contributed by atoms with E-state index in [2.05, 4.69) is 25.7 Å². The lowest BCUT2D eigenvalue weighted by molar-refractivity contribution is 0.264. The average Bonchev–Trinajstić information content (AvgIpc) is 2.34. The molecule has 0 aliphatic carbocycles. The first-order chi connectivity index (χ1) is 4.74. The Bertz CT molecular complexity index is 98.9. The smallest absolute Gasteiger partial charge is 0.00387 e. The van der Waals surface area contributed by atoms with Crippen LogP contribution in [0, 0.1) is 5.92 Å². The van der Waals surface area contributed by atoms with E-state index in [1.165, 1.54) is 25.9 Å². The van der Waals surface area contributed by atoms with Gasteiger partial charge in [-0.15, -0.1) is 0 Å². The van der Waals surface area contributed by atoms with Gasteiger partial charge in [0.25, 0.3) is 0 Å². The molecule has 0 aromatic heterocycles. The zero-order valence-electron chi connectivity index (χ0n) is 7.43. The Morgan fingerprint density at radius 2 is 2.20 bits per heavy atom. The van der Waals surface area contributed by atoms with Gasteiger partial charge in [-0.3, -0.25) is 0 Å². The SMILES string of the molecule is CC[C@H]1CCN(C(C)C)C1. The van der Waals surface area contributed by atoms with E-state index in [1.54, 1.807) is 0 Å². The minimum Gasteiger partial charge on any atom is -0.301 e. The fraction of sp³-hybridized carbons (Fsp3) is 1.00. The summed E-state index contributed by atoms with van der Waals surface area (Å²) < 4.78 is 0. The summed E-state index contributed by atoms with van der Waals surface area (Å²) in [4.78, 5) is 2.58. The first-order valence-electron chi connectivity index (χ1n) is 4.48. The molecule has 1 aliphatic heterocycles. The summed E-state index contributed by atoms with van der Waals surface area (Å²) in [7, 11) is 0. The van der Waals surface area contributed by atoms with Gasteiger partial charge in [0.2, 0.25) is 0 Å². The molecule has 1 heterocycles. The van der Waals surface area contributed by atoms with Crippen molar-refractivity contribution in [2.75, 3.05) is 13.1 Å². The van der Waals surface area contributed by atoms with Gasteiger partial charge in [0.1, 0.15) is 0 Å². The second-order valence-corrected chi connectivity index (χ2v) is 3.65. The molecule has 0 aromatic rings. The van der Waals surface area contributed by atoms with Gasteiger partial charge in [-0.25, -0.2) is 0 Å². The first-order valence-corrected chi connectivity index (χ1v) is 4.48. The van der Waals surface area contributed by atoms with Crippen LogP contribution in [0.5, 0.6) is 0 Å². The number of hydrogen-bond donors (Lipinski definition) is 0. The Labute approximate surface area is 64.4 Å². The maximum absolute atomic E-state index is 2.58. The van der Waals surface area contributed by atoms with Crippen LogP contribution < -0.4 is 0 Å². The van der Waals surface area contributed by atoms with E-state index in [-0.39, 0.29) is 0 Å². The highest BCUT2D eigenvalue weighted by atomic mass is 15.2. The lowest BCUT2D eigenvalue weighted by atomic mass is 10.1. The van der Waals surface area contributed by atoms with Gasteiger partial charge in [0.05, 0.1) is 0 Å². The van der Waals surface area contributed by atoms with E-state index in [4.69, 9.17) is 0 Å². The van der Waals surface area contributed by atoms with Crippen LogP contribution in [0.4, 0.5) is 0 Å². The topological polar surface area (TPSA) is 3.24 Å². The van der Waals surface area contributed by atoms with E-state index < -0.39 is 0 Å². The highest BCUT2D eigenvalue weighted by Gasteiger charge is 2.21. The highest BCUT2D eigenvalue weighted by Crippen LogP contribution is 2.20. The molecule has 0 bridgehead atoms. The summed E-state index contributed by atoms with van der Waals surface area (Å²) in [6.07, 6.45) is 2.79. The molecule has 1 atom stereocenters. The van der Waals surface area contributed by atoms with Crippen molar-refractivity contribution in [3.05, 3.63) is 0 Å². The third kappa shape index (κ3) is 1.72. The summed E-state index contributed by atoms with van der Waals surface area (Å²) >= 11 is 0. The van der Waals surface area contributed by atoms with Crippen LogP contribution in [0.3, 0.4) is 0 Å². The van der Waals surface area contributed by atoms with Crippen molar-refractivity contribution in [2.24, 2.45) is 5.92 Å². The molecule has 1 aliphatic rings. The third-order valence-electron chi connectivity index (χ3n) is 2.62. The summed E-state index contributed by atoms with van der Waals surface area (Å²) in [6.45, 7) is 9.55. The summed E-state index contributed by atoms with van der Waals surface area (Å²) in [5.41, 5.74) is 0. The van der Waals surface area contributed by atoms with Crippen molar-refractivity contribution in [1.29, 1.82) is 0 Å². The monoisotopic (exact) mass is 141 g/mol. The van der Waals surface area contributed by atoms with Crippen molar-refractivity contribution < 1.29 is 0 Å². The molecule has 1 nitrogen and oxygen atoms in total. The summed E-state index contributed by atoms with van der Waals surface area (Å²) in [5, 5.41) is 0. The van der Waals surface area contributed by atoms with Gasteiger partial charge < -0.3 is 4.90 Å². The van der Waals surface area contributed by atoms with E-state index in [0.29, 0.717) is 0 Å². The average molecular weight is 141 g/mol. The normalized spacial score (nSPS) is 28.2. The molecule has 10 heavy (non-hydrogen) atoms. The molecule has 1 heteroatoms. The molecule has 0 aromatic carbocycles. The zero-order valence-corrected chi connectivity index (χ0v) is 7.43. The van der Waals surface area contributed by atoms with Gasteiger partial charge in [-0.05, 0) is 32.7 Å². The van der Waals surface area contributed by atoms with E-state index in [0.717, 1.165) is 12.0 Å². The van der Waals surface area contributed by atoms with Crippen molar-refractivity contribution >= 4 is 0 Å². The molecule has 0 N–H and O–H groups in total. The molecule has 1 fully saturated rings. The Kier molecular flexibility index (Phi) is 2.72. The van der Waals surface area contributed by atoms with Crippen LogP contribution in [0.15, 0.2) is 0 Å². The number of likely N-dealkylation sites (tertiary alicyclic amines) is 1. The zero-order chi connectivity index (χ0) is 7.56. The second kappa shape index (κ2) is 3.38. The van der Waals surface area contributed by atoms with Gasteiger partial charge in [-0.2, -0.15) is 0 Å². The largest absolute Gasteiger partial charge is 0.301 e. The van der Waals surface area contributed by atoms with Crippen molar-refractivity contribution in [3.63, 3.8) is 0 Å². The molecule has 60 valence electrons. The fourth-order valence-electron chi connectivity index (χ4n) is 1.66. The maximum Gasteiger partial charge on any atom is 0.00387 e. The highest BCUT2D eigenvalue weighted by molar-refractivity contribution is 4.76. The number of rotatable bonds is 2. The Morgan fingerprint density at radius 1 is 1.50 bits per heavy atom. The number of hydrogen-bond acceptors (Lipinski definition) is 1. The molecule has 1 saturated heterocycles. The number of nitrogens with zero attached hydrogens (tertiary/aromatic N) is 1. The lowest BCUT2D eigenvalue weighted by Gasteiger charge is -2.19. The van der Waals surface area contributed by atoms with Crippen LogP contribution in [-0.4, -0.2) is 24.0 Å². The predicted molar refractivity (Wildman–Crippen MR) is 45.1 cm³/mol. The van der Waals surface area contributed by atoms with Gasteiger partial charge >= 0.3 is 0 Å². The fourth-order valence-corrected chi connectivity index (χ4v) is 1.66. The van der Waals surface area contributed by atoms with Gasteiger partial charge in [0.15, 0.2) is 0 Å². The molecule has 0 unspecified atom stereocenters. The molecule has 1 rings (SSSR count). The lowest BCUT2D eigenvalue weighted by Crippen LogP contribution is -2.28. The Morgan fingerprint density at radius 3 is 2.50 bits per heavy atom. The Balaban J connectivity index is 2.28. The van der Waals surface area contributed by atoms with Crippen molar-refractivity contribution in [1.82, 2.24) is 4.90 Å². The Hall–Kier alpha value is -0.0400. The van der Waals surface area contributed by atoms with E-state index in [9.17, 15) is 0 Å². The van der Waals surface area contributed by atoms with Crippen LogP contribution in [0.25, 0.3) is 0 Å². The van der Waals surface area contributed by atoms with E-state index >= 15 is 0 Å². The molecular weight excluding hydrogens is 122 g/mol. The van der Waals surface area contributed by atoms with Crippen LogP contribution >= 0.6 is 0 Å². The van der Waals surface area contributed by atoms with Crippen LogP contribution in [0.2, 0.25) is 0 Å². The van der Waals surface area contributed by atoms with Gasteiger partial charge in [-0.1, -0.05) is 13.3 Å². The van der Waals surface area contributed by atoms with Crippen LogP contribution in [0.1, 0.15) is 33.6 Å². The maximum atomic E-state index is 2.58. The standard InChI is InChI=1S/C9H19N/c1-4-9-5-6-10(7-9)8(2)3/h8-9H,4-7H2,1-3H3/t9-/m0/s1. The van der Waals surface area contributed by atoms with Crippen molar-refractivity contribution in [2.45, 2.75) is 39.7 Å². The molecular formula is C9H19N. The summed E-state index contributed by atoms with van der Waals surface area (Å²) in [6, 6.07) is 0.761. The first kappa shape index (κ1) is 8.06. The van der Waals surface area contributed by atoms with Crippen LogP contribution in [-0.2, 0) is 0 Å². The summed E-state index contributed by atoms with van der Waals surface area (Å²) in [5.74, 6) is 0.988. The van der Waals surface area contributed by atoms with E-state index in [1.807, 2.05) is 0 Å².